The fourth-order valence-electron chi connectivity index (χ4n) is 3.99. The van der Waals surface area contributed by atoms with Gasteiger partial charge in [-0.1, -0.05) is 61.0 Å². The molecule has 2 aromatic carbocycles. The first-order valence-electron chi connectivity index (χ1n) is 10.8. The zero-order chi connectivity index (χ0) is 22.4. The van der Waals surface area contributed by atoms with Gasteiger partial charge in [0.15, 0.2) is 0 Å². The summed E-state index contributed by atoms with van der Waals surface area (Å²) in [5.41, 5.74) is 4.55. The average molecular weight is 441 g/mol. The molecule has 1 N–H and O–H groups in total. The summed E-state index contributed by atoms with van der Waals surface area (Å²) in [7, 11) is -3.48. The summed E-state index contributed by atoms with van der Waals surface area (Å²) in [6.07, 6.45) is 2.70. The van der Waals surface area contributed by atoms with E-state index in [-0.39, 0.29) is 17.7 Å². The second-order valence-electron chi connectivity index (χ2n) is 8.44. The first-order valence-corrected chi connectivity index (χ1v) is 12.3. The SMILES string of the molecule is Cc1ccc(C)c(C(C)CNC(=O)C2CCN(S(=O)(=O)/C=C/c3ccccc3)CC2)c1. The standard InChI is InChI=1S/C25H32N2O3S/c1-19-9-10-20(2)24(17-19)21(3)18-26-25(28)23-11-14-27(15-12-23)31(29,30)16-13-22-7-5-4-6-8-22/h4-10,13,16-17,21,23H,11-12,14-15,18H2,1-3H3,(H,26,28)/b16-13+. The minimum Gasteiger partial charge on any atom is -0.355 e. The molecule has 1 unspecified atom stereocenters. The maximum Gasteiger partial charge on any atom is 0.236 e. The van der Waals surface area contributed by atoms with Crippen LogP contribution in [0.15, 0.2) is 53.9 Å². The highest BCUT2D eigenvalue weighted by Crippen LogP contribution is 2.23. The highest BCUT2D eigenvalue weighted by atomic mass is 32.2. The second kappa shape index (κ2) is 10.2. The summed E-state index contributed by atoms with van der Waals surface area (Å²) in [5, 5.41) is 4.34. The van der Waals surface area contributed by atoms with Crippen LogP contribution in [0, 0.1) is 19.8 Å². The van der Waals surface area contributed by atoms with Crippen LogP contribution < -0.4 is 5.32 Å². The number of nitrogens with zero attached hydrogens (tertiary/aromatic N) is 1. The van der Waals surface area contributed by atoms with Crippen molar-refractivity contribution >= 4 is 22.0 Å². The largest absolute Gasteiger partial charge is 0.355 e. The van der Waals surface area contributed by atoms with Crippen molar-refractivity contribution in [3.8, 4) is 0 Å². The second-order valence-corrected chi connectivity index (χ2v) is 10.3. The van der Waals surface area contributed by atoms with E-state index in [2.05, 4.69) is 44.3 Å². The van der Waals surface area contributed by atoms with Gasteiger partial charge in [-0.15, -0.1) is 0 Å². The minimum absolute atomic E-state index is 0.0223. The topological polar surface area (TPSA) is 66.5 Å². The number of hydrogen-bond donors (Lipinski definition) is 1. The molecule has 6 heteroatoms. The van der Waals surface area contributed by atoms with Crippen LogP contribution >= 0.6 is 0 Å². The Balaban J connectivity index is 1.50. The lowest BCUT2D eigenvalue weighted by molar-refractivity contribution is -0.126. The molecule has 1 aliphatic rings. The molecule has 1 aliphatic heterocycles. The van der Waals surface area contributed by atoms with E-state index in [1.807, 2.05) is 30.3 Å². The molecule has 0 spiro atoms. The molecule has 1 amide bonds. The molecule has 1 heterocycles. The molecule has 1 saturated heterocycles. The number of piperidine rings is 1. The Labute approximate surface area is 186 Å². The summed E-state index contributed by atoms with van der Waals surface area (Å²) in [6.45, 7) is 7.61. The van der Waals surface area contributed by atoms with Crippen molar-refractivity contribution in [1.82, 2.24) is 9.62 Å². The van der Waals surface area contributed by atoms with Crippen molar-refractivity contribution in [2.45, 2.75) is 39.5 Å². The van der Waals surface area contributed by atoms with Crippen LogP contribution in [0.25, 0.3) is 6.08 Å². The van der Waals surface area contributed by atoms with Crippen LogP contribution in [-0.2, 0) is 14.8 Å². The Hall–Kier alpha value is -2.44. The highest BCUT2D eigenvalue weighted by Gasteiger charge is 2.30. The maximum atomic E-state index is 12.7. The highest BCUT2D eigenvalue weighted by molar-refractivity contribution is 7.92. The number of carbonyl (C=O) groups excluding carboxylic acids is 1. The lowest BCUT2D eigenvalue weighted by Gasteiger charge is -2.30. The Bertz CT molecular complexity index is 1020. The molecule has 0 saturated carbocycles. The number of nitrogens with one attached hydrogen (secondary N) is 1. The van der Waals surface area contributed by atoms with E-state index in [0.717, 1.165) is 5.56 Å². The number of amides is 1. The van der Waals surface area contributed by atoms with E-state index < -0.39 is 10.0 Å². The van der Waals surface area contributed by atoms with Gasteiger partial charge in [0.25, 0.3) is 0 Å². The fraction of sp³-hybridized carbons (Fsp3) is 0.400. The van der Waals surface area contributed by atoms with Crippen LogP contribution in [0.4, 0.5) is 0 Å². The number of sulfonamides is 1. The Morgan fingerprint density at radius 1 is 1.13 bits per heavy atom. The van der Waals surface area contributed by atoms with E-state index in [1.165, 1.54) is 26.4 Å². The van der Waals surface area contributed by atoms with Crippen LogP contribution in [0.1, 0.15) is 47.9 Å². The fourth-order valence-corrected chi connectivity index (χ4v) is 5.21. The summed E-state index contributed by atoms with van der Waals surface area (Å²) in [5.74, 6) is 0.108. The smallest absolute Gasteiger partial charge is 0.236 e. The van der Waals surface area contributed by atoms with Crippen LogP contribution in [0.2, 0.25) is 0 Å². The zero-order valence-electron chi connectivity index (χ0n) is 18.5. The van der Waals surface area contributed by atoms with Crippen LogP contribution in [0.5, 0.6) is 0 Å². The van der Waals surface area contributed by atoms with Crippen molar-refractivity contribution in [2.24, 2.45) is 5.92 Å². The third kappa shape index (κ3) is 6.28. The Morgan fingerprint density at radius 2 is 1.81 bits per heavy atom. The molecule has 2 aromatic rings. The average Bonchev–Trinajstić information content (AvgIpc) is 2.78. The molecule has 5 nitrogen and oxygen atoms in total. The Kier molecular flexibility index (Phi) is 7.68. The summed E-state index contributed by atoms with van der Waals surface area (Å²) in [6, 6.07) is 15.8. The lowest BCUT2D eigenvalue weighted by atomic mass is 9.93. The number of aryl methyl sites for hydroxylation is 2. The lowest BCUT2D eigenvalue weighted by Crippen LogP contribution is -2.43. The Morgan fingerprint density at radius 3 is 2.48 bits per heavy atom. The monoisotopic (exact) mass is 440 g/mol. The number of carbonyl (C=O) groups is 1. The van der Waals surface area contributed by atoms with Gasteiger partial charge in [0.2, 0.25) is 15.9 Å². The molecular formula is C25H32N2O3S. The first kappa shape index (κ1) is 23.2. The molecule has 166 valence electrons. The quantitative estimate of drug-likeness (QED) is 0.700. The summed E-state index contributed by atoms with van der Waals surface area (Å²) >= 11 is 0. The van der Waals surface area contributed by atoms with Crippen molar-refractivity contribution in [3.63, 3.8) is 0 Å². The van der Waals surface area contributed by atoms with Gasteiger partial charge in [0, 0.05) is 31.0 Å². The molecule has 0 aromatic heterocycles. The van der Waals surface area contributed by atoms with Crippen molar-refractivity contribution < 1.29 is 13.2 Å². The van der Waals surface area contributed by atoms with E-state index in [9.17, 15) is 13.2 Å². The normalized spacial score (nSPS) is 17.0. The van der Waals surface area contributed by atoms with Crippen molar-refractivity contribution in [2.75, 3.05) is 19.6 Å². The third-order valence-corrected chi connectivity index (χ3v) is 7.53. The molecule has 0 radical (unpaired) electrons. The molecule has 3 rings (SSSR count). The number of rotatable bonds is 7. The maximum absolute atomic E-state index is 12.7. The number of benzene rings is 2. The van der Waals surface area contributed by atoms with Gasteiger partial charge in [0.1, 0.15) is 0 Å². The van der Waals surface area contributed by atoms with E-state index in [1.54, 1.807) is 6.08 Å². The van der Waals surface area contributed by atoms with Gasteiger partial charge in [0.05, 0.1) is 0 Å². The van der Waals surface area contributed by atoms with E-state index >= 15 is 0 Å². The molecule has 1 fully saturated rings. The van der Waals surface area contributed by atoms with Gasteiger partial charge in [-0.2, -0.15) is 4.31 Å². The van der Waals surface area contributed by atoms with Gasteiger partial charge in [-0.3, -0.25) is 4.79 Å². The predicted molar refractivity (Wildman–Crippen MR) is 126 cm³/mol. The molecule has 1 atom stereocenters. The number of hydrogen-bond acceptors (Lipinski definition) is 3. The van der Waals surface area contributed by atoms with Gasteiger partial charge in [-0.05, 0) is 55.4 Å². The molecule has 0 bridgehead atoms. The predicted octanol–water partition coefficient (Wildman–Crippen LogP) is 4.24. The molecule has 0 aliphatic carbocycles. The van der Waals surface area contributed by atoms with Gasteiger partial charge in [-0.25, -0.2) is 8.42 Å². The zero-order valence-corrected chi connectivity index (χ0v) is 19.4. The summed E-state index contributed by atoms with van der Waals surface area (Å²) < 4.78 is 26.7. The van der Waals surface area contributed by atoms with Crippen molar-refractivity contribution in [1.29, 1.82) is 0 Å². The third-order valence-electron chi connectivity index (χ3n) is 5.96. The van der Waals surface area contributed by atoms with Crippen LogP contribution in [-0.4, -0.2) is 38.3 Å². The van der Waals surface area contributed by atoms with E-state index in [4.69, 9.17) is 0 Å². The molecular weight excluding hydrogens is 408 g/mol. The summed E-state index contributed by atoms with van der Waals surface area (Å²) in [4.78, 5) is 12.7. The van der Waals surface area contributed by atoms with Crippen molar-refractivity contribution in [3.05, 3.63) is 76.2 Å². The van der Waals surface area contributed by atoms with Crippen LogP contribution in [0.3, 0.4) is 0 Å². The van der Waals surface area contributed by atoms with Gasteiger partial charge >= 0.3 is 0 Å². The molecule has 31 heavy (non-hydrogen) atoms. The van der Waals surface area contributed by atoms with Gasteiger partial charge < -0.3 is 5.32 Å². The van der Waals surface area contributed by atoms with E-state index in [0.29, 0.717) is 32.5 Å². The minimum atomic E-state index is -3.48. The first-order chi connectivity index (χ1) is 14.8.